The molecule has 0 aliphatic heterocycles. The molecule has 2 rings (SSSR count). The van der Waals surface area contributed by atoms with Gasteiger partial charge in [-0.2, -0.15) is 8.42 Å². The second kappa shape index (κ2) is 4.67. The van der Waals surface area contributed by atoms with Gasteiger partial charge in [0.25, 0.3) is 10.1 Å². The van der Waals surface area contributed by atoms with Gasteiger partial charge in [0, 0.05) is 5.92 Å². The van der Waals surface area contributed by atoms with Crippen molar-refractivity contribution < 1.29 is 12.6 Å². The van der Waals surface area contributed by atoms with Crippen molar-refractivity contribution in [3.8, 4) is 0 Å². The summed E-state index contributed by atoms with van der Waals surface area (Å²) in [5.41, 5.74) is 0.954. The fourth-order valence-corrected chi connectivity index (χ4v) is 3.58. The molecule has 0 spiro atoms. The molecule has 0 amide bonds. The van der Waals surface area contributed by atoms with Crippen molar-refractivity contribution in [3.63, 3.8) is 0 Å². The molecular weight excluding hydrogens is 248 g/mol. The van der Waals surface area contributed by atoms with E-state index in [0.717, 1.165) is 5.56 Å². The summed E-state index contributed by atoms with van der Waals surface area (Å²) >= 11 is 0. The van der Waals surface area contributed by atoms with E-state index in [9.17, 15) is 8.42 Å². The normalized spacial score (nSPS) is 23.9. The largest absolute Gasteiger partial charge is 0.270 e. The van der Waals surface area contributed by atoms with Crippen LogP contribution in [-0.4, -0.2) is 20.3 Å². The lowest BCUT2D eigenvalue weighted by Gasteiger charge is -2.17. The lowest BCUT2D eigenvalue weighted by Crippen LogP contribution is -2.21. The molecule has 3 nitrogen and oxygen atoms in total. The Morgan fingerprint density at radius 1 is 1.22 bits per heavy atom. The standard InChI is InChI=1S/C14H20O3S/c1-14(2,3)10-17-18(15,16)13-9-12(13)11-7-5-4-6-8-11/h4-8,12-13H,9-10H2,1-3H3/t12-,13-/m1/s1. The van der Waals surface area contributed by atoms with Gasteiger partial charge in [-0.3, -0.25) is 4.18 Å². The Labute approximate surface area is 109 Å². The summed E-state index contributed by atoms with van der Waals surface area (Å²) in [6, 6.07) is 9.76. The molecule has 0 saturated heterocycles. The van der Waals surface area contributed by atoms with Gasteiger partial charge in [-0.05, 0) is 17.4 Å². The van der Waals surface area contributed by atoms with Crippen LogP contribution in [0.5, 0.6) is 0 Å². The van der Waals surface area contributed by atoms with E-state index in [1.165, 1.54) is 0 Å². The molecule has 4 heteroatoms. The minimum Gasteiger partial charge on any atom is -0.269 e. The first-order chi connectivity index (χ1) is 8.30. The van der Waals surface area contributed by atoms with Crippen LogP contribution in [-0.2, 0) is 14.3 Å². The lowest BCUT2D eigenvalue weighted by atomic mass is 9.99. The highest BCUT2D eigenvalue weighted by Gasteiger charge is 2.49. The van der Waals surface area contributed by atoms with E-state index in [0.29, 0.717) is 6.42 Å². The minimum atomic E-state index is -3.42. The molecule has 1 aromatic carbocycles. The molecule has 1 fully saturated rings. The Hall–Kier alpha value is -0.870. The van der Waals surface area contributed by atoms with Crippen LogP contribution in [0.2, 0.25) is 0 Å². The molecule has 2 atom stereocenters. The van der Waals surface area contributed by atoms with E-state index >= 15 is 0 Å². The third kappa shape index (κ3) is 3.33. The maximum absolute atomic E-state index is 12.0. The van der Waals surface area contributed by atoms with Gasteiger partial charge >= 0.3 is 0 Å². The summed E-state index contributed by atoms with van der Waals surface area (Å²) in [6.45, 7) is 6.13. The zero-order chi connectivity index (χ0) is 13.4. The predicted octanol–water partition coefficient (Wildman–Crippen LogP) is 2.94. The van der Waals surface area contributed by atoms with E-state index in [-0.39, 0.29) is 23.2 Å². The average molecular weight is 268 g/mol. The summed E-state index contributed by atoms with van der Waals surface area (Å²) < 4.78 is 29.1. The van der Waals surface area contributed by atoms with Crippen LogP contribution in [0.3, 0.4) is 0 Å². The molecule has 0 radical (unpaired) electrons. The van der Waals surface area contributed by atoms with E-state index < -0.39 is 10.1 Å². The SMILES string of the molecule is CC(C)(C)COS(=O)(=O)[C@@H]1C[C@@H]1c1ccccc1. The van der Waals surface area contributed by atoms with E-state index in [1.54, 1.807) is 0 Å². The molecule has 1 aliphatic rings. The van der Waals surface area contributed by atoms with Gasteiger partial charge in [-0.15, -0.1) is 0 Å². The molecule has 1 aromatic rings. The van der Waals surface area contributed by atoms with Crippen LogP contribution >= 0.6 is 0 Å². The summed E-state index contributed by atoms with van der Waals surface area (Å²) in [5, 5.41) is -0.359. The molecule has 0 N–H and O–H groups in total. The highest BCUT2D eigenvalue weighted by molar-refractivity contribution is 7.87. The van der Waals surface area contributed by atoms with Crippen molar-refractivity contribution in [2.75, 3.05) is 6.61 Å². The summed E-state index contributed by atoms with van der Waals surface area (Å²) in [4.78, 5) is 0. The van der Waals surface area contributed by atoms with Gasteiger partial charge < -0.3 is 0 Å². The van der Waals surface area contributed by atoms with Crippen LogP contribution in [0.1, 0.15) is 38.7 Å². The molecule has 18 heavy (non-hydrogen) atoms. The van der Waals surface area contributed by atoms with Crippen molar-refractivity contribution in [3.05, 3.63) is 35.9 Å². The molecule has 100 valence electrons. The topological polar surface area (TPSA) is 43.4 Å². The first-order valence-corrected chi connectivity index (χ1v) is 7.70. The number of rotatable bonds is 4. The van der Waals surface area contributed by atoms with Gasteiger partial charge in [-0.1, -0.05) is 51.1 Å². The van der Waals surface area contributed by atoms with Crippen molar-refractivity contribution in [1.29, 1.82) is 0 Å². The first-order valence-electron chi connectivity index (χ1n) is 6.23. The summed E-state index contributed by atoms with van der Waals surface area (Å²) in [5.74, 6) is 0.108. The van der Waals surface area contributed by atoms with E-state index in [2.05, 4.69) is 0 Å². The van der Waals surface area contributed by atoms with Crippen LogP contribution < -0.4 is 0 Å². The van der Waals surface area contributed by atoms with Crippen LogP contribution in [0, 0.1) is 5.41 Å². The van der Waals surface area contributed by atoms with Crippen LogP contribution in [0.4, 0.5) is 0 Å². The number of benzene rings is 1. The summed E-state index contributed by atoms with van der Waals surface area (Å²) in [6.07, 6.45) is 0.677. The molecule has 0 unspecified atom stereocenters. The molecule has 0 heterocycles. The van der Waals surface area contributed by atoms with E-state index in [4.69, 9.17) is 4.18 Å². The predicted molar refractivity (Wildman–Crippen MR) is 71.9 cm³/mol. The Morgan fingerprint density at radius 2 is 1.83 bits per heavy atom. The van der Waals surface area contributed by atoms with Gasteiger partial charge in [0.1, 0.15) is 0 Å². The monoisotopic (exact) mass is 268 g/mol. The molecule has 0 bridgehead atoms. The molecule has 1 saturated carbocycles. The van der Waals surface area contributed by atoms with Gasteiger partial charge in [0.15, 0.2) is 0 Å². The summed E-state index contributed by atoms with van der Waals surface area (Å²) in [7, 11) is -3.42. The van der Waals surface area contributed by atoms with Gasteiger partial charge in [0.05, 0.1) is 11.9 Å². The van der Waals surface area contributed by atoms with E-state index in [1.807, 2.05) is 51.1 Å². The molecular formula is C14H20O3S. The third-order valence-corrected chi connectivity index (χ3v) is 4.70. The zero-order valence-electron chi connectivity index (χ0n) is 11.1. The fraction of sp³-hybridized carbons (Fsp3) is 0.571. The Bertz CT molecular complexity index is 500. The molecule has 0 aromatic heterocycles. The van der Waals surface area contributed by atoms with Crippen LogP contribution in [0.15, 0.2) is 30.3 Å². The third-order valence-electron chi connectivity index (χ3n) is 2.99. The number of hydrogen-bond acceptors (Lipinski definition) is 3. The molecule has 1 aliphatic carbocycles. The first kappa shape index (κ1) is 13.6. The van der Waals surface area contributed by atoms with Crippen molar-refractivity contribution in [2.24, 2.45) is 5.41 Å². The lowest BCUT2D eigenvalue weighted by molar-refractivity contribution is 0.203. The van der Waals surface area contributed by atoms with Gasteiger partial charge in [-0.25, -0.2) is 0 Å². The highest BCUT2D eigenvalue weighted by atomic mass is 32.2. The maximum atomic E-state index is 12.0. The second-order valence-corrected chi connectivity index (χ2v) is 7.93. The van der Waals surface area contributed by atoms with Gasteiger partial charge in [0.2, 0.25) is 0 Å². The van der Waals surface area contributed by atoms with Crippen molar-refractivity contribution >= 4 is 10.1 Å². The highest BCUT2D eigenvalue weighted by Crippen LogP contribution is 2.46. The fourth-order valence-electron chi connectivity index (χ4n) is 1.89. The van der Waals surface area contributed by atoms with Crippen molar-refractivity contribution in [1.82, 2.24) is 0 Å². The smallest absolute Gasteiger partial charge is 0.269 e. The average Bonchev–Trinajstić information content (AvgIpc) is 3.07. The Kier molecular flexibility index (Phi) is 3.52. The Morgan fingerprint density at radius 3 is 2.39 bits per heavy atom. The van der Waals surface area contributed by atoms with Crippen molar-refractivity contribution in [2.45, 2.75) is 38.4 Å². The minimum absolute atomic E-state index is 0.108. The Balaban J connectivity index is 1.98. The second-order valence-electron chi connectivity index (χ2n) is 6.11. The maximum Gasteiger partial charge on any atom is 0.270 e. The zero-order valence-corrected chi connectivity index (χ0v) is 11.9. The quantitative estimate of drug-likeness (QED) is 0.789. The van der Waals surface area contributed by atoms with Crippen LogP contribution in [0.25, 0.3) is 0 Å². The number of hydrogen-bond donors (Lipinski definition) is 0.